The number of rotatable bonds is 1. The van der Waals surface area contributed by atoms with Crippen LogP contribution in [0.15, 0.2) is 0 Å². The van der Waals surface area contributed by atoms with Crippen molar-refractivity contribution in [1.82, 2.24) is 4.90 Å². The predicted molar refractivity (Wildman–Crippen MR) is 50.3 cm³/mol. The van der Waals surface area contributed by atoms with Crippen LogP contribution in [-0.4, -0.2) is 42.1 Å². The molecule has 1 heterocycles. The topological polar surface area (TPSA) is 55.6 Å². The van der Waals surface area contributed by atoms with Gasteiger partial charge in [0.15, 0.2) is 0 Å². The third kappa shape index (κ3) is 2.67. The van der Waals surface area contributed by atoms with E-state index in [1.54, 1.807) is 11.8 Å². The average molecular weight is 186 g/mol. The van der Waals surface area contributed by atoms with Gasteiger partial charge < -0.3 is 15.4 Å². The molecule has 1 fully saturated rings. The number of morpholine rings is 1. The Morgan fingerprint density at radius 3 is 2.69 bits per heavy atom. The molecule has 0 radical (unpaired) electrons. The average Bonchev–Trinajstić information content (AvgIpc) is 2.01. The number of carbonyl (C=O) groups excluding carboxylic acids is 1. The molecule has 1 saturated heterocycles. The van der Waals surface area contributed by atoms with Crippen molar-refractivity contribution in [1.29, 1.82) is 0 Å². The molecular weight excluding hydrogens is 168 g/mol. The van der Waals surface area contributed by atoms with E-state index in [2.05, 4.69) is 0 Å². The molecule has 4 nitrogen and oxygen atoms in total. The summed E-state index contributed by atoms with van der Waals surface area (Å²) in [5.74, 6) is 0.0105. The van der Waals surface area contributed by atoms with E-state index in [0.29, 0.717) is 19.7 Å². The number of amides is 1. The third-order valence-electron chi connectivity index (χ3n) is 2.13. The molecule has 0 aromatic carbocycles. The highest BCUT2D eigenvalue weighted by Gasteiger charge is 2.30. The van der Waals surface area contributed by atoms with Gasteiger partial charge in [-0.3, -0.25) is 4.79 Å². The van der Waals surface area contributed by atoms with Gasteiger partial charge in [0.2, 0.25) is 5.91 Å². The molecule has 0 aliphatic carbocycles. The Bertz CT molecular complexity index is 202. The Hall–Kier alpha value is -0.610. The summed E-state index contributed by atoms with van der Waals surface area (Å²) >= 11 is 0. The van der Waals surface area contributed by atoms with Crippen molar-refractivity contribution in [3.05, 3.63) is 0 Å². The fraction of sp³-hybridized carbons (Fsp3) is 0.889. The minimum atomic E-state index is -0.408. The molecule has 1 aliphatic heterocycles. The van der Waals surface area contributed by atoms with Gasteiger partial charge in [0, 0.05) is 13.1 Å². The van der Waals surface area contributed by atoms with Crippen molar-refractivity contribution in [3.63, 3.8) is 0 Å². The normalized spacial score (nSPS) is 24.2. The molecular formula is C9H18N2O2. The van der Waals surface area contributed by atoms with Crippen molar-refractivity contribution in [2.24, 2.45) is 5.73 Å². The van der Waals surface area contributed by atoms with Gasteiger partial charge in [0.1, 0.15) is 0 Å². The van der Waals surface area contributed by atoms with Crippen LogP contribution in [0, 0.1) is 0 Å². The van der Waals surface area contributed by atoms with Gasteiger partial charge in [-0.2, -0.15) is 0 Å². The van der Waals surface area contributed by atoms with Crippen LogP contribution in [0.1, 0.15) is 20.8 Å². The van der Waals surface area contributed by atoms with Crippen LogP contribution >= 0.6 is 0 Å². The molecule has 1 amide bonds. The summed E-state index contributed by atoms with van der Waals surface area (Å²) in [6, 6.07) is -0.408. The monoisotopic (exact) mass is 186 g/mol. The smallest absolute Gasteiger partial charge is 0.239 e. The fourth-order valence-electron chi connectivity index (χ4n) is 1.49. The highest BCUT2D eigenvalue weighted by atomic mass is 16.5. The van der Waals surface area contributed by atoms with Crippen LogP contribution in [0.25, 0.3) is 0 Å². The number of nitrogens with zero attached hydrogens (tertiary/aromatic N) is 1. The van der Waals surface area contributed by atoms with Gasteiger partial charge in [-0.05, 0) is 20.8 Å². The molecule has 4 heteroatoms. The molecule has 2 N–H and O–H groups in total. The largest absolute Gasteiger partial charge is 0.372 e. The summed E-state index contributed by atoms with van der Waals surface area (Å²) in [5, 5.41) is 0. The van der Waals surface area contributed by atoms with Crippen molar-refractivity contribution in [2.45, 2.75) is 32.4 Å². The summed E-state index contributed by atoms with van der Waals surface area (Å²) in [7, 11) is 0. The van der Waals surface area contributed by atoms with Crippen LogP contribution in [0.5, 0.6) is 0 Å². The lowest BCUT2D eigenvalue weighted by Gasteiger charge is -2.38. The van der Waals surface area contributed by atoms with E-state index in [-0.39, 0.29) is 11.5 Å². The number of hydrogen-bond acceptors (Lipinski definition) is 3. The fourth-order valence-corrected chi connectivity index (χ4v) is 1.49. The van der Waals surface area contributed by atoms with Gasteiger partial charge in [0.25, 0.3) is 0 Å². The molecule has 1 unspecified atom stereocenters. The lowest BCUT2D eigenvalue weighted by Crippen LogP contribution is -2.54. The summed E-state index contributed by atoms with van der Waals surface area (Å²) in [6.07, 6.45) is 0. The molecule has 13 heavy (non-hydrogen) atoms. The molecule has 0 bridgehead atoms. The second-order valence-electron chi connectivity index (χ2n) is 4.16. The molecule has 0 spiro atoms. The summed E-state index contributed by atoms with van der Waals surface area (Å²) < 4.78 is 5.49. The first-order valence-electron chi connectivity index (χ1n) is 4.61. The zero-order valence-corrected chi connectivity index (χ0v) is 8.54. The minimum Gasteiger partial charge on any atom is -0.372 e. The Balaban J connectivity index is 2.57. The first-order valence-corrected chi connectivity index (χ1v) is 4.61. The maximum absolute atomic E-state index is 11.5. The molecule has 76 valence electrons. The number of ether oxygens (including phenoxy) is 1. The molecule has 0 aromatic heterocycles. The number of carbonyl (C=O) groups is 1. The van der Waals surface area contributed by atoms with E-state index in [9.17, 15) is 4.79 Å². The minimum absolute atomic E-state index is 0.0105. The lowest BCUT2D eigenvalue weighted by atomic mass is 10.1. The summed E-state index contributed by atoms with van der Waals surface area (Å²) in [5.41, 5.74) is 5.29. The molecule has 0 saturated carbocycles. The second kappa shape index (κ2) is 3.64. The van der Waals surface area contributed by atoms with Crippen LogP contribution < -0.4 is 5.73 Å². The molecule has 1 atom stereocenters. The second-order valence-corrected chi connectivity index (χ2v) is 4.16. The highest BCUT2D eigenvalue weighted by Crippen LogP contribution is 2.16. The van der Waals surface area contributed by atoms with Gasteiger partial charge in [-0.1, -0.05) is 0 Å². The zero-order valence-electron chi connectivity index (χ0n) is 8.54. The van der Waals surface area contributed by atoms with Crippen molar-refractivity contribution in [3.8, 4) is 0 Å². The van der Waals surface area contributed by atoms with E-state index in [0.717, 1.165) is 0 Å². The number of nitrogens with two attached hydrogens (primary N) is 1. The Labute approximate surface area is 79.0 Å². The van der Waals surface area contributed by atoms with Crippen molar-refractivity contribution < 1.29 is 9.53 Å². The SMILES string of the molecule is CC(N)C(=O)N1CCOC(C)(C)C1. The zero-order chi connectivity index (χ0) is 10.1. The predicted octanol–water partition coefficient (Wildman–Crippen LogP) is -0.0290. The van der Waals surface area contributed by atoms with Crippen LogP contribution in [0.2, 0.25) is 0 Å². The lowest BCUT2D eigenvalue weighted by molar-refractivity contribution is -0.146. The van der Waals surface area contributed by atoms with Crippen molar-refractivity contribution in [2.75, 3.05) is 19.7 Å². The quantitative estimate of drug-likeness (QED) is 0.625. The van der Waals surface area contributed by atoms with Crippen LogP contribution in [-0.2, 0) is 9.53 Å². The van der Waals surface area contributed by atoms with Gasteiger partial charge in [-0.25, -0.2) is 0 Å². The highest BCUT2D eigenvalue weighted by molar-refractivity contribution is 5.81. The van der Waals surface area contributed by atoms with E-state index >= 15 is 0 Å². The Morgan fingerprint density at radius 2 is 2.23 bits per heavy atom. The van der Waals surface area contributed by atoms with Gasteiger partial charge in [0.05, 0.1) is 18.2 Å². The van der Waals surface area contributed by atoms with Gasteiger partial charge in [-0.15, -0.1) is 0 Å². The summed E-state index contributed by atoms with van der Waals surface area (Å²) in [4.78, 5) is 13.3. The summed E-state index contributed by atoms with van der Waals surface area (Å²) in [6.45, 7) is 7.56. The maximum Gasteiger partial charge on any atom is 0.239 e. The standard InChI is InChI=1S/C9H18N2O2/c1-7(10)8(12)11-4-5-13-9(2,3)6-11/h7H,4-6,10H2,1-3H3. The Kier molecular flexibility index (Phi) is 2.93. The first-order chi connectivity index (χ1) is 5.92. The number of hydrogen-bond donors (Lipinski definition) is 1. The van der Waals surface area contributed by atoms with E-state index in [4.69, 9.17) is 10.5 Å². The first kappa shape index (κ1) is 10.5. The molecule has 1 rings (SSSR count). The molecule has 1 aliphatic rings. The van der Waals surface area contributed by atoms with E-state index in [1.165, 1.54) is 0 Å². The Morgan fingerprint density at radius 1 is 1.62 bits per heavy atom. The van der Waals surface area contributed by atoms with Gasteiger partial charge >= 0.3 is 0 Å². The van der Waals surface area contributed by atoms with E-state index in [1.807, 2.05) is 13.8 Å². The van der Waals surface area contributed by atoms with E-state index < -0.39 is 6.04 Å². The van der Waals surface area contributed by atoms with Crippen LogP contribution in [0.3, 0.4) is 0 Å². The van der Waals surface area contributed by atoms with Crippen LogP contribution in [0.4, 0.5) is 0 Å². The molecule has 0 aromatic rings. The maximum atomic E-state index is 11.5. The third-order valence-corrected chi connectivity index (χ3v) is 2.13. The van der Waals surface area contributed by atoms with Crippen molar-refractivity contribution >= 4 is 5.91 Å².